The molecule has 5 aromatic rings. The van der Waals surface area contributed by atoms with Gasteiger partial charge in [-0.15, -0.1) is 0 Å². The average molecular weight is 500 g/mol. The Kier molecular flexibility index (Phi) is 7.11. The third-order valence-corrected chi connectivity index (χ3v) is 6.59. The number of nitrogens with zero attached hydrogens (tertiary/aromatic N) is 4. The highest BCUT2D eigenvalue weighted by molar-refractivity contribution is 6.30. The second-order valence-corrected chi connectivity index (χ2v) is 9.03. The Bertz CT molecular complexity index is 1590. The van der Waals surface area contributed by atoms with Crippen molar-refractivity contribution < 1.29 is 0 Å². The van der Waals surface area contributed by atoms with Crippen molar-refractivity contribution in [3.8, 4) is 11.1 Å². The van der Waals surface area contributed by atoms with Gasteiger partial charge in [0.15, 0.2) is 0 Å². The third-order valence-electron chi connectivity index (χ3n) is 6.34. The molecule has 0 saturated carbocycles. The zero-order valence-corrected chi connectivity index (χ0v) is 21.9. The van der Waals surface area contributed by atoms with Crippen LogP contribution in [0.2, 0.25) is 5.02 Å². The van der Waals surface area contributed by atoms with Gasteiger partial charge in [0.05, 0.1) is 34.9 Å². The molecular weight excluding hydrogens is 470 g/mol. The van der Waals surface area contributed by atoms with E-state index in [0.717, 1.165) is 33.5 Å². The second-order valence-electron chi connectivity index (χ2n) is 8.59. The number of aryl methyl sites for hydroxylation is 3. The zero-order chi connectivity index (χ0) is 26.0. The van der Waals surface area contributed by atoms with E-state index in [4.69, 9.17) is 22.3 Å². The van der Waals surface area contributed by atoms with Gasteiger partial charge in [0.2, 0.25) is 0 Å². The number of rotatable bonds is 4. The van der Waals surface area contributed by atoms with Gasteiger partial charge in [0.25, 0.3) is 5.56 Å². The Morgan fingerprint density at radius 2 is 1.69 bits per heavy atom. The molecular formula is C29H30ClN5O. The van der Waals surface area contributed by atoms with Gasteiger partial charge in [-0.3, -0.25) is 4.79 Å². The monoisotopic (exact) mass is 499 g/mol. The molecule has 1 unspecified atom stereocenters. The van der Waals surface area contributed by atoms with E-state index in [1.165, 1.54) is 0 Å². The number of benzene rings is 2. The van der Waals surface area contributed by atoms with Gasteiger partial charge in [-0.2, -0.15) is 0 Å². The fraction of sp³-hybridized carbons (Fsp3) is 0.207. The second kappa shape index (κ2) is 10.1. The Hall–Kier alpha value is -3.74. The lowest BCUT2D eigenvalue weighted by Crippen LogP contribution is -2.41. The molecule has 0 aliphatic rings. The highest BCUT2D eigenvalue weighted by Gasteiger charge is 2.36. The van der Waals surface area contributed by atoms with Crippen LogP contribution >= 0.6 is 11.6 Å². The molecule has 0 spiro atoms. The summed E-state index contributed by atoms with van der Waals surface area (Å²) in [6, 6.07) is 20.9. The molecule has 0 saturated heterocycles. The highest BCUT2D eigenvalue weighted by atomic mass is 35.5. The van der Waals surface area contributed by atoms with Crippen LogP contribution in [0.25, 0.3) is 22.2 Å². The van der Waals surface area contributed by atoms with Gasteiger partial charge in [-0.25, -0.2) is 9.97 Å². The topological polar surface area (TPSA) is 78.7 Å². The number of imidazole rings is 1. The number of hydrogen-bond donors (Lipinski definition) is 1. The first-order chi connectivity index (χ1) is 17.3. The number of aromatic nitrogens is 4. The van der Waals surface area contributed by atoms with E-state index in [9.17, 15) is 4.79 Å². The molecule has 6 nitrogen and oxygen atoms in total. The van der Waals surface area contributed by atoms with Gasteiger partial charge in [-0.05, 0) is 42.3 Å². The smallest absolute Gasteiger partial charge is 0.251 e. The molecule has 5 rings (SSSR count). The van der Waals surface area contributed by atoms with Gasteiger partial charge in [-0.1, -0.05) is 67.4 Å². The lowest BCUT2D eigenvalue weighted by atomic mass is 9.84. The first-order valence-corrected chi connectivity index (χ1v) is 12.3. The molecule has 0 aliphatic carbocycles. The van der Waals surface area contributed by atoms with Crippen molar-refractivity contribution in [3.63, 3.8) is 0 Å². The summed E-state index contributed by atoms with van der Waals surface area (Å²) in [5.41, 5.74) is 12.5. The van der Waals surface area contributed by atoms with Crippen LogP contribution in [-0.2, 0) is 19.6 Å². The lowest BCUT2D eigenvalue weighted by Gasteiger charge is -2.30. The van der Waals surface area contributed by atoms with Crippen LogP contribution in [0.4, 0.5) is 0 Å². The summed E-state index contributed by atoms with van der Waals surface area (Å²) in [7, 11) is 3.66. The molecule has 0 radical (unpaired) electrons. The van der Waals surface area contributed by atoms with Crippen LogP contribution < -0.4 is 11.3 Å². The fourth-order valence-electron chi connectivity index (χ4n) is 4.46. The van der Waals surface area contributed by atoms with E-state index in [2.05, 4.69) is 11.1 Å². The first-order valence-electron chi connectivity index (χ1n) is 11.9. The van der Waals surface area contributed by atoms with Crippen molar-refractivity contribution in [2.45, 2.75) is 26.3 Å². The highest BCUT2D eigenvalue weighted by Crippen LogP contribution is 2.35. The Morgan fingerprint density at radius 3 is 2.33 bits per heavy atom. The molecule has 7 heteroatoms. The molecule has 184 valence electrons. The quantitative estimate of drug-likeness (QED) is 0.350. The number of fused-ring (bicyclic) bond motifs is 1. The molecule has 2 aromatic carbocycles. The maximum absolute atomic E-state index is 12.8. The molecule has 0 bridgehead atoms. The summed E-state index contributed by atoms with van der Waals surface area (Å²) in [5, 5.41) is 0.624. The Labute approximate surface area is 216 Å². The van der Waals surface area contributed by atoms with Crippen molar-refractivity contribution >= 4 is 22.6 Å². The molecule has 0 amide bonds. The molecule has 1 atom stereocenters. The molecule has 0 aliphatic heterocycles. The number of hydrogen-bond acceptors (Lipinski definition) is 4. The van der Waals surface area contributed by atoms with Crippen LogP contribution in [0.15, 0.2) is 84.0 Å². The largest absolute Gasteiger partial charge is 0.335 e. The van der Waals surface area contributed by atoms with Crippen molar-refractivity contribution in [1.29, 1.82) is 0 Å². The maximum atomic E-state index is 12.8. The SMILES string of the molecule is CC.Cc1cccc(-c2cc(=O)n(C)c3ccc(C(N)(c4ccc(Cl)cc4)c4cncn4C)nc23)c1. The summed E-state index contributed by atoms with van der Waals surface area (Å²) >= 11 is 6.17. The number of halogens is 1. The summed E-state index contributed by atoms with van der Waals surface area (Å²) in [6.45, 7) is 6.03. The number of nitrogens with two attached hydrogens (primary N) is 1. The summed E-state index contributed by atoms with van der Waals surface area (Å²) in [5.74, 6) is 0. The third kappa shape index (κ3) is 4.34. The van der Waals surface area contributed by atoms with Gasteiger partial charge in [0, 0.05) is 30.7 Å². The van der Waals surface area contributed by atoms with Crippen LogP contribution in [0.1, 0.15) is 36.4 Å². The van der Waals surface area contributed by atoms with Crippen molar-refractivity contribution in [2.24, 2.45) is 19.8 Å². The fourth-order valence-corrected chi connectivity index (χ4v) is 4.58. The normalized spacial score (nSPS) is 12.6. The van der Waals surface area contributed by atoms with Crippen molar-refractivity contribution in [1.82, 2.24) is 19.1 Å². The number of pyridine rings is 2. The molecule has 36 heavy (non-hydrogen) atoms. The average Bonchev–Trinajstić information content (AvgIpc) is 3.33. The minimum Gasteiger partial charge on any atom is -0.335 e. The van der Waals surface area contributed by atoms with Crippen LogP contribution in [0.3, 0.4) is 0 Å². The van der Waals surface area contributed by atoms with Gasteiger partial charge < -0.3 is 14.9 Å². The maximum Gasteiger partial charge on any atom is 0.251 e. The van der Waals surface area contributed by atoms with Crippen molar-refractivity contribution in [3.05, 3.63) is 117 Å². The van der Waals surface area contributed by atoms with Crippen LogP contribution in [0, 0.1) is 6.92 Å². The molecule has 3 heterocycles. The van der Waals surface area contributed by atoms with E-state index >= 15 is 0 Å². The Balaban J connectivity index is 0.00000148. The molecule has 3 aromatic heterocycles. The summed E-state index contributed by atoms with van der Waals surface area (Å²) < 4.78 is 3.50. The van der Waals surface area contributed by atoms with Crippen molar-refractivity contribution in [2.75, 3.05) is 0 Å². The minimum atomic E-state index is -1.09. The van der Waals surface area contributed by atoms with E-state index in [1.807, 2.05) is 87.0 Å². The predicted octanol–water partition coefficient (Wildman–Crippen LogP) is 5.57. The van der Waals surface area contributed by atoms with Gasteiger partial charge in [0.1, 0.15) is 5.54 Å². The van der Waals surface area contributed by atoms with Gasteiger partial charge >= 0.3 is 0 Å². The summed E-state index contributed by atoms with van der Waals surface area (Å²) in [6.07, 6.45) is 3.47. The Morgan fingerprint density at radius 1 is 0.972 bits per heavy atom. The minimum absolute atomic E-state index is 0.0955. The van der Waals surface area contributed by atoms with Crippen LogP contribution in [-0.4, -0.2) is 19.1 Å². The molecule has 2 N–H and O–H groups in total. The summed E-state index contributed by atoms with van der Waals surface area (Å²) in [4.78, 5) is 22.2. The van der Waals surface area contributed by atoms with E-state index in [1.54, 1.807) is 30.2 Å². The predicted molar refractivity (Wildman–Crippen MR) is 147 cm³/mol. The lowest BCUT2D eigenvalue weighted by molar-refractivity contribution is 0.580. The van der Waals surface area contributed by atoms with Crippen LogP contribution in [0.5, 0.6) is 0 Å². The zero-order valence-electron chi connectivity index (χ0n) is 21.2. The van der Waals surface area contributed by atoms with E-state index in [0.29, 0.717) is 16.2 Å². The van der Waals surface area contributed by atoms with E-state index in [-0.39, 0.29) is 5.56 Å². The van der Waals surface area contributed by atoms with E-state index < -0.39 is 5.54 Å². The molecule has 0 fully saturated rings. The standard InChI is InChI=1S/C27H24ClN5O.C2H6/c1-17-5-4-6-18(13-17)21-14-25(34)33(3)22-11-12-23(31-26(21)22)27(29,24-15-30-16-32(24)2)19-7-9-20(28)10-8-19;1-2/h4-16H,29H2,1-3H3;1-2H3. The first kappa shape index (κ1) is 25.4.